The second-order valence-corrected chi connectivity index (χ2v) is 7.33. The van der Waals surface area contributed by atoms with Crippen LogP contribution >= 0.6 is 0 Å². The van der Waals surface area contributed by atoms with E-state index in [1.165, 1.54) is 0 Å². The molecular formula is C23H28N4O. The smallest absolute Gasteiger partial charge is 0.254 e. The number of hydrogen-bond acceptors (Lipinski definition) is 4. The van der Waals surface area contributed by atoms with E-state index in [0.29, 0.717) is 24.0 Å². The molecule has 5 heteroatoms. The van der Waals surface area contributed by atoms with Crippen LogP contribution in [0.25, 0.3) is 10.9 Å². The van der Waals surface area contributed by atoms with Gasteiger partial charge in [-0.1, -0.05) is 18.2 Å². The molecule has 1 amide bonds. The van der Waals surface area contributed by atoms with Crippen LogP contribution in [0, 0.1) is 6.92 Å². The third-order valence-electron chi connectivity index (χ3n) is 4.98. The normalized spacial score (nSPS) is 11.1. The van der Waals surface area contributed by atoms with Gasteiger partial charge in [-0.2, -0.15) is 0 Å². The quantitative estimate of drug-likeness (QED) is 0.638. The number of aromatic nitrogens is 2. The van der Waals surface area contributed by atoms with E-state index in [0.717, 1.165) is 28.8 Å². The lowest BCUT2D eigenvalue weighted by atomic mass is 10.1. The molecule has 1 aromatic heterocycles. The molecule has 0 unspecified atom stereocenters. The number of aryl methyl sites for hydroxylation is 1. The zero-order valence-electron chi connectivity index (χ0n) is 17.3. The first-order chi connectivity index (χ1) is 13.4. The molecule has 0 aliphatic heterocycles. The second kappa shape index (κ2) is 8.38. The summed E-state index contributed by atoms with van der Waals surface area (Å²) in [5, 5.41) is 1.04. The summed E-state index contributed by atoms with van der Waals surface area (Å²) in [6.07, 6.45) is 0. The van der Waals surface area contributed by atoms with E-state index in [-0.39, 0.29) is 5.91 Å². The molecule has 3 aromatic rings. The summed E-state index contributed by atoms with van der Waals surface area (Å²) < 4.78 is 0. The van der Waals surface area contributed by atoms with Crippen LogP contribution in [0.1, 0.15) is 42.6 Å². The van der Waals surface area contributed by atoms with Crippen LogP contribution in [-0.4, -0.2) is 40.4 Å². The summed E-state index contributed by atoms with van der Waals surface area (Å²) in [6.45, 7) is 9.76. The minimum absolute atomic E-state index is 0.0337. The highest BCUT2D eigenvalue weighted by Crippen LogP contribution is 2.19. The highest BCUT2D eigenvalue weighted by atomic mass is 16.2. The van der Waals surface area contributed by atoms with Crippen molar-refractivity contribution >= 4 is 22.5 Å². The van der Waals surface area contributed by atoms with Crippen molar-refractivity contribution in [1.82, 2.24) is 14.9 Å². The second-order valence-electron chi connectivity index (χ2n) is 7.33. The maximum atomic E-state index is 12.8. The summed E-state index contributed by atoms with van der Waals surface area (Å²) in [5.74, 6) is 0.620. The molecule has 0 N–H and O–H groups in total. The van der Waals surface area contributed by atoms with E-state index >= 15 is 0 Å². The molecule has 3 rings (SSSR count). The third-order valence-corrected chi connectivity index (χ3v) is 4.98. The molecule has 0 aliphatic rings. The van der Waals surface area contributed by atoms with Gasteiger partial charge < -0.3 is 9.80 Å². The van der Waals surface area contributed by atoms with Crippen molar-refractivity contribution in [3.05, 3.63) is 65.6 Å². The topological polar surface area (TPSA) is 49.3 Å². The van der Waals surface area contributed by atoms with E-state index in [2.05, 4.69) is 35.6 Å². The summed E-state index contributed by atoms with van der Waals surface area (Å²) in [6, 6.07) is 16.2. The third kappa shape index (κ3) is 4.14. The molecule has 0 fully saturated rings. The molecule has 0 spiro atoms. The fourth-order valence-corrected chi connectivity index (χ4v) is 3.51. The maximum absolute atomic E-state index is 12.8. The standard InChI is InChI=1S/C23H28N4O/c1-6-27(16(2)3)19-13-11-18(12-14-19)23(28)26(5)15-22-24-17(4)20-9-7-8-10-21(20)25-22/h7-14,16H,6,15H2,1-5H3. The molecule has 5 nitrogen and oxygen atoms in total. The van der Waals surface area contributed by atoms with Crippen molar-refractivity contribution in [2.24, 2.45) is 0 Å². The Morgan fingerprint density at radius 2 is 1.71 bits per heavy atom. The lowest BCUT2D eigenvalue weighted by Crippen LogP contribution is -2.30. The van der Waals surface area contributed by atoms with E-state index in [9.17, 15) is 4.79 Å². The molecule has 0 atom stereocenters. The Hall–Kier alpha value is -2.95. The van der Waals surface area contributed by atoms with Crippen molar-refractivity contribution in [1.29, 1.82) is 0 Å². The maximum Gasteiger partial charge on any atom is 0.254 e. The Morgan fingerprint density at radius 3 is 2.36 bits per heavy atom. The van der Waals surface area contributed by atoms with E-state index in [4.69, 9.17) is 0 Å². The zero-order chi connectivity index (χ0) is 20.3. The van der Waals surface area contributed by atoms with Crippen LogP contribution in [-0.2, 0) is 6.54 Å². The van der Waals surface area contributed by atoms with Crippen LogP contribution in [0.4, 0.5) is 5.69 Å². The first kappa shape index (κ1) is 19.8. The average Bonchev–Trinajstić information content (AvgIpc) is 2.68. The minimum atomic E-state index is -0.0337. The van der Waals surface area contributed by atoms with Crippen LogP contribution in [0.2, 0.25) is 0 Å². The first-order valence-corrected chi connectivity index (χ1v) is 9.75. The van der Waals surface area contributed by atoms with Gasteiger partial charge in [0.05, 0.1) is 12.1 Å². The predicted octanol–water partition coefficient (Wildman–Crippen LogP) is 4.45. The first-order valence-electron chi connectivity index (χ1n) is 9.75. The van der Waals surface area contributed by atoms with Gasteiger partial charge in [-0.3, -0.25) is 4.79 Å². The van der Waals surface area contributed by atoms with Crippen LogP contribution in [0.15, 0.2) is 48.5 Å². The number of carbonyl (C=O) groups is 1. The van der Waals surface area contributed by atoms with Crippen molar-refractivity contribution in [2.45, 2.75) is 40.3 Å². The predicted molar refractivity (Wildman–Crippen MR) is 115 cm³/mol. The number of para-hydroxylation sites is 1. The number of benzene rings is 2. The lowest BCUT2D eigenvalue weighted by molar-refractivity contribution is 0.0781. The van der Waals surface area contributed by atoms with Gasteiger partial charge in [0.1, 0.15) is 5.82 Å². The van der Waals surface area contributed by atoms with Gasteiger partial charge in [-0.15, -0.1) is 0 Å². The molecule has 2 aromatic carbocycles. The summed E-state index contributed by atoms with van der Waals surface area (Å²) in [7, 11) is 1.79. The SMILES string of the molecule is CCN(c1ccc(C(=O)N(C)Cc2nc(C)c3ccccc3n2)cc1)C(C)C. The van der Waals surface area contributed by atoms with Gasteiger partial charge >= 0.3 is 0 Å². The fraction of sp³-hybridized carbons (Fsp3) is 0.348. The van der Waals surface area contributed by atoms with Gasteiger partial charge in [0.15, 0.2) is 0 Å². The van der Waals surface area contributed by atoms with E-state index in [1.54, 1.807) is 11.9 Å². The Kier molecular flexibility index (Phi) is 5.93. The largest absolute Gasteiger partial charge is 0.369 e. The number of nitrogens with zero attached hydrogens (tertiary/aromatic N) is 4. The molecule has 1 heterocycles. The summed E-state index contributed by atoms with van der Waals surface area (Å²) in [5.41, 5.74) is 3.64. The van der Waals surface area contributed by atoms with Crippen molar-refractivity contribution in [3.8, 4) is 0 Å². The summed E-state index contributed by atoms with van der Waals surface area (Å²) in [4.78, 5) is 26.0. The lowest BCUT2D eigenvalue weighted by Gasteiger charge is -2.27. The molecular weight excluding hydrogens is 348 g/mol. The van der Waals surface area contributed by atoms with Crippen LogP contribution < -0.4 is 4.90 Å². The van der Waals surface area contributed by atoms with Gasteiger partial charge in [0.25, 0.3) is 5.91 Å². The van der Waals surface area contributed by atoms with Gasteiger partial charge in [0.2, 0.25) is 0 Å². The monoisotopic (exact) mass is 376 g/mol. The van der Waals surface area contributed by atoms with Crippen LogP contribution in [0.5, 0.6) is 0 Å². The van der Waals surface area contributed by atoms with Gasteiger partial charge in [0, 0.05) is 42.0 Å². The molecule has 0 aliphatic carbocycles. The van der Waals surface area contributed by atoms with Crippen LogP contribution in [0.3, 0.4) is 0 Å². The van der Waals surface area contributed by atoms with Crippen molar-refractivity contribution in [2.75, 3.05) is 18.5 Å². The Labute approximate surface area is 167 Å². The van der Waals surface area contributed by atoms with E-state index in [1.807, 2.05) is 55.5 Å². The summed E-state index contributed by atoms with van der Waals surface area (Å²) >= 11 is 0. The molecule has 0 saturated carbocycles. The zero-order valence-corrected chi connectivity index (χ0v) is 17.3. The average molecular weight is 377 g/mol. The van der Waals surface area contributed by atoms with Crippen molar-refractivity contribution < 1.29 is 4.79 Å². The fourth-order valence-electron chi connectivity index (χ4n) is 3.51. The van der Waals surface area contributed by atoms with Gasteiger partial charge in [-0.25, -0.2) is 9.97 Å². The Morgan fingerprint density at radius 1 is 1.04 bits per heavy atom. The number of fused-ring (bicyclic) bond motifs is 1. The number of anilines is 1. The molecule has 28 heavy (non-hydrogen) atoms. The number of carbonyl (C=O) groups excluding carboxylic acids is 1. The van der Waals surface area contributed by atoms with E-state index < -0.39 is 0 Å². The Balaban J connectivity index is 1.76. The highest BCUT2D eigenvalue weighted by Gasteiger charge is 2.15. The van der Waals surface area contributed by atoms with Crippen molar-refractivity contribution in [3.63, 3.8) is 0 Å². The molecule has 0 saturated heterocycles. The van der Waals surface area contributed by atoms with Gasteiger partial charge in [-0.05, 0) is 58.0 Å². The number of rotatable bonds is 6. The highest BCUT2D eigenvalue weighted by molar-refractivity contribution is 5.94. The number of amides is 1. The molecule has 0 radical (unpaired) electrons. The number of hydrogen-bond donors (Lipinski definition) is 0. The Bertz CT molecular complexity index is 966. The minimum Gasteiger partial charge on any atom is -0.369 e. The molecule has 146 valence electrons. The molecule has 0 bridgehead atoms.